The molecule has 0 spiro atoms. The van der Waals surface area contributed by atoms with E-state index in [1.54, 1.807) is 0 Å². The van der Waals surface area contributed by atoms with Crippen LogP contribution in [0.1, 0.15) is 23.0 Å². The van der Waals surface area contributed by atoms with Gasteiger partial charge in [-0.3, -0.25) is 4.99 Å². The molecule has 0 aliphatic carbocycles. The summed E-state index contributed by atoms with van der Waals surface area (Å²) in [7, 11) is 0. The summed E-state index contributed by atoms with van der Waals surface area (Å²) in [5, 5.41) is 0. The molecule has 20 heavy (non-hydrogen) atoms. The summed E-state index contributed by atoms with van der Waals surface area (Å²) in [5.41, 5.74) is 3.45. The van der Waals surface area contributed by atoms with Crippen LogP contribution in [0, 0.1) is 0 Å². The molecule has 96 valence electrons. The Balaban J connectivity index is 2.01. The minimum Gasteiger partial charge on any atom is -0.318 e. The van der Waals surface area contributed by atoms with Gasteiger partial charge in [-0.25, -0.2) is 4.98 Å². The molecular formula is C17H13N3. The van der Waals surface area contributed by atoms with Gasteiger partial charge in [0.1, 0.15) is 0 Å². The average molecular weight is 259 g/mol. The molecule has 0 amide bonds. The second kappa shape index (κ2) is 4.46. The van der Waals surface area contributed by atoms with Gasteiger partial charge in [-0.1, -0.05) is 48.5 Å². The lowest BCUT2D eigenvalue weighted by atomic mass is 9.97. The molecule has 3 nitrogen and oxygen atoms in total. The number of aliphatic imine (C=N–C) groups is 1. The zero-order valence-electron chi connectivity index (χ0n) is 10.8. The fraction of sp³-hybridized carbons (Fsp3) is 0.0588. The standard InChI is InChI=1S/C17H13N3/c1-2-6-13(7-3-1)17-14-8-4-5-9-15(14)19-12-16-18-10-11-20(16)17/h1-12,17H. The highest BCUT2D eigenvalue weighted by Crippen LogP contribution is 2.35. The first kappa shape index (κ1) is 11.2. The second-order valence-corrected chi connectivity index (χ2v) is 4.82. The predicted octanol–water partition coefficient (Wildman–Crippen LogP) is 3.58. The van der Waals surface area contributed by atoms with Crippen LogP contribution in [0.25, 0.3) is 0 Å². The summed E-state index contributed by atoms with van der Waals surface area (Å²) < 4.78 is 2.17. The largest absolute Gasteiger partial charge is 0.318 e. The number of rotatable bonds is 1. The molecule has 0 N–H and O–H groups in total. The van der Waals surface area contributed by atoms with Gasteiger partial charge in [-0.05, 0) is 11.6 Å². The van der Waals surface area contributed by atoms with E-state index in [9.17, 15) is 0 Å². The summed E-state index contributed by atoms with van der Waals surface area (Å²) in [6, 6.07) is 18.9. The number of hydrogen-bond acceptors (Lipinski definition) is 2. The van der Waals surface area contributed by atoms with Crippen molar-refractivity contribution in [2.24, 2.45) is 4.99 Å². The predicted molar refractivity (Wildman–Crippen MR) is 79.6 cm³/mol. The minimum atomic E-state index is 0.118. The number of fused-ring (bicyclic) bond motifs is 2. The lowest BCUT2D eigenvalue weighted by Crippen LogP contribution is -2.13. The Labute approximate surface area is 117 Å². The molecule has 0 saturated heterocycles. The molecule has 0 radical (unpaired) electrons. The number of imidazole rings is 1. The van der Waals surface area contributed by atoms with Crippen LogP contribution < -0.4 is 0 Å². The molecule has 1 aliphatic heterocycles. The molecule has 2 heterocycles. The van der Waals surface area contributed by atoms with Crippen LogP contribution in [0.5, 0.6) is 0 Å². The van der Waals surface area contributed by atoms with E-state index >= 15 is 0 Å². The van der Waals surface area contributed by atoms with E-state index in [2.05, 4.69) is 50.9 Å². The van der Waals surface area contributed by atoms with Crippen LogP contribution in [0.15, 0.2) is 72.0 Å². The number of para-hydroxylation sites is 1. The van der Waals surface area contributed by atoms with Crippen LogP contribution in [0.3, 0.4) is 0 Å². The summed E-state index contributed by atoms with van der Waals surface area (Å²) in [4.78, 5) is 8.96. The SMILES string of the molecule is C1=Nc2ccccc2C(c2ccccc2)n2ccnc21. The van der Waals surface area contributed by atoms with Gasteiger partial charge in [-0.2, -0.15) is 0 Å². The molecular weight excluding hydrogens is 246 g/mol. The van der Waals surface area contributed by atoms with E-state index in [0.717, 1.165) is 11.5 Å². The number of nitrogens with zero attached hydrogens (tertiary/aromatic N) is 3. The van der Waals surface area contributed by atoms with E-state index in [-0.39, 0.29) is 6.04 Å². The van der Waals surface area contributed by atoms with Crippen LogP contribution in [-0.4, -0.2) is 15.8 Å². The highest BCUT2D eigenvalue weighted by atomic mass is 15.1. The molecule has 1 atom stereocenters. The number of aromatic nitrogens is 2. The second-order valence-electron chi connectivity index (χ2n) is 4.82. The van der Waals surface area contributed by atoms with E-state index < -0.39 is 0 Å². The van der Waals surface area contributed by atoms with Gasteiger partial charge in [0.15, 0.2) is 5.82 Å². The molecule has 0 saturated carbocycles. The van der Waals surface area contributed by atoms with Crippen LogP contribution in [0.2, 0.25) is 0 Å². The maximum absolute atomic E-state index is 4.57. The van der Waals surface area contributed by atoms with Gasteiger partial charge >= 0.3 is 0 Å². The molecule has 1 aliphatic rings. The van der Waals surface area contributed by atoms with Crippen molar-refractivity contribution >= 4 is 11.9 Å². The van der Waals surface area contributed by atoms with Crippen molar-refractivity contribution in [3.63, 3.8) is 0 Å². The Morgan fingerprint density at radius 2 is 1.70 bits per heavy atom. The Hall–Kier alpha value is -2.68. The van der Waals surface area contributed by atoms with Gasteiger partial charge in [0, 0.05) is 18.0 Å². The first-order valence-electron chi connectivity index (χ1n) is 6.64. The Morgan fingerprint density at radius 1 is 0.900 bits per heavy atom. The van der Waals surface area contributed by atoms with E-state index in [1.165, 1.54) is 11.1 Å². The third-order valence-corrected chi connectivity index (χ3v) is 3.64. The minimum absolute atomic E-state index is 0.118. The first-order valence-corrected chi connectivity index (χ1v) is 6.64. The van der Waals surface area contributed by atoms with Gasteiger partial charge in [0.25, 0.3) is 0 Å². The van der Waals surface area contributed by atoms with Crippen molar-refractivity contribution in [2.75, 3.05) is 0 Å². The maximum Gasteiger partial charge on any atom is 0.151 e. The molecule has 2 aromatic carbocycles. The Morgan fingerprint density at radius 3 is 2.60 bits per heavy atom. The molecule has 3 heteroatoms. The topological polar surface area (TPSA) is 30.2 Å². The van der Waals surface area contributed by atoms with E-state index in [4.69, 9.17) is 0 Å². The van der Waals surface area contributed by atoms with Gasteiger partial charge < -0.3 is 4.57 Å². The lowest BCUT2D eigenvalue weighted by molar-refractivity contribution is 0.677. The maximum atomic E-state index is 4.57. The zero-order chi connectivity index (χ0) is 13.4. The highest BCUT2D eigenvalue weighted by molar-refractivity contribution is 5.80. The Bertz CT molecular complexity index is 772. The third-order valence-electron chi connectivity index (χ3n) is 3.64. The Kier molecular flexibility index (Phi) is 2.49. The fourth-order valence-electron chi connectivity index (χ4n) is 2.73. The first-order chi connectivity index (χ1) is 9.93. The highest BCUT2D eigenvalue weighted by Gasteiger charge is 2.22. The number of benzene rings is 2. The average Bonchev–Trinajstić information content (AvgIpc) is 2.90. The number of hydrogen-bond donors (Lipinski definition) is 0. The van der Waals surface area contributed by atoms with Gasteiger partial charge in [-0.15, -0.1) is 0 Å². The summed E-state index contributed by atoms with van der Waals surface area (Å²) in [6.45, 7) is 0. The normalized spacial score (nSPS) is 16.3. The van der Waals surface area contributed by atoms with Crippen molar-refractivity contribution in [1.29, 1.82) is 0 Å². The molecule has 0 bridgehead atoms. The van der Waals surface area contributed by atoms with Gasteiger partial charge in [0.05, 0.1) is 17.9 Å². The molecule has 3 aromatic rings. The molecule has 4 rings (SSSR count). The van der Waals surface area contributed by atoms with Crippen LogP contribution >= 0.6 is 0 Å². The monoisotopic (exact) mass is 259 g/mol. The van der Waals surface area contributed by atoms with Crippen molar-refractivity contribution < 1.29 is 0 Å². The van der Waals surface area contributed by atoms with E-state index in [0.29, 0.717) is 0 Å². The smallest absolute Gasteiger partial charge is 0.151 e. The molecule has 0 fully saturated rings. The van der Waals surface area contributed by atoms with Crippen LogP contribution in [-0.2, 0) is 0 Å². The quantitative estimate of drug-likeness (QED) is 0.514. The zero-order valence-corrected chi connectivity index (χ0v) is 10.8. The van der Waals surface area contributed by atoms with Crippen molar-refractivity contribution in [3.05, 3.63) is 83.9 Å². The fourth-order valence-corrected chi connectivity index (χ4v) is 2.73. The van der Waals surface area contributed by atoms with Crippen LogP contribution in [0.4, 0.5) is 5.69 Å². The summed E-state index contributed by atoms with van der Waals surface area (Å²) in [6.07, 6.45) is 5.67. The molecule has 1 aromatic heterocycles. The van der Waals surface area contributed by atoms with Crippen molar-refractivity contribution in [3.8, 4) is 0 Å². The van der Waals surface area contributed by atoms with E-state index in [1.807, 2.05) is 36.8 Å². The molecule has 1 unspecified atom stereocenters. The van der Waals surface area contributed by atoms with Gasteiger partial charge in [0.2, 0.25) is 0 Å². The summed E-state index contributed by atoms with van der Waals surface area (Å²) >= 11 is 0. The van der Waals surface area contributed by atoms with Crippen molar-refractivity contribution in [2.45, 2.75) is 6.04 Å². The lowest BCUT2D eigenvalue weighted by Gasteiger charge is -2.20. The third kappa shape index (κ3) is 1.67. The van der Waals surface area contributed by atoms with Crippen molar-refractivity contribution in [1.82, 2.24) is 9.55 Å². The summed E-state index contributed by atoms with van der Waals surface area (Å²) in [5.74, 6) is 0.884.